The fourth-order valence-corrected chi connectivity index (χ4v) is 2.27. The number of carbonyl (C=O) groups excluding carboxylic acids is 1. The number of nitrogens with two attached hydrogens (primary N) is 1. The molecule has 0 spiro atoms. The Labute approximate surface area is 89.5 Å². The first kappa shape index (κ1) is 10.2. The van der Waals surface area contributed by atoms with Gasteiger partial charge >= 0.3 is 6.03 Å². The minimum Gasteiger partial charge on any atom is -0.350 e. The third-order valence-corrected chi connectivity index (χ3v) is 2.97. The third-order valence-electron chi connectivity index (χ3n) is 2.97. The molecule has 1 aromatic rings. The first-order chi connectivity index (χ1) is 7.11. The van der Waals surface area contributed by atoms with Crippen LogP contribution in [0.5, 0.6) is 0 Å². The highest BCUT2D eigenvalue weighted by Gasteiger charge is 2.23. The molecule has 82 valence electrons. The van der Waals surface area contributed by atoms with Gasteiger partial charge in [-0.05, 0) is 37.2 Å². The van der Waals surface area contributed by atoms with E-state index in [1.54, 1.807) is 0 Å². The van der Waals surface area contributed by atoms with E-state index in [9.17, 15) is 4.79 Å². The number of rotatable bonds is 1. The molecule has 1 heterocycles. The first-order valence-corrected chi connectivity index (χ1v) is 5.51. The number of amides is 1. The predicted octanol–water partition coefficient (Wildman–Crippen LogP) is 1.81. The van der Waals surface area contributed by atoms with Gasteiger partial charge in [-0.3, -0.25) is 0 Å². The van der Waals surface area contributed by atoms with Crippen LogP contribution >= 0.6 is 0 Å². The molecule has 0 saturated heterocycles. The molecule has 4 nitrogen and oxygen atoms in total. The highest BCUT2D eigenvalue weighted by Crippen LogP contribution is 2.28. The largest absolute Gasteiger partial charge is 0.350 e. The van der Waals surface area contributed by atoms with E-state index in [-0.39, 0.29) is 0 Å². The van der Waals surface area contributed by atoms with Crippen LogP contribution in [0.15, 0.2) is 0 Å². The Morgan fingerprint density at radius 2 is 2.07 bits per heavy atom. The first-order valence-electron chi connectivity index (χ1n) is 5.51. The van der Waals surface area contributed by atoms with Crippen molar-refractivity contribution in [3.05, 3.63) is 17.0 Å². The van der Waals surface area contributed by atoms with E-state index in [2.05, 4.69) is 18.9 Å². The average Bonchev–Trinajstić information content (AvgIpc) is 2.56. The molecule has 0 unspecified atom stereocenters. The summed E-state index contributed by atoms with van der Waals surface area (Å²) < 4.78 is 1.39. The zero-order valence-electron chi connectivity index (χ0n) is 9.29. The second-order valence-electron chi connectivity index (χ2n) is 4.42. The molecule has 0 bridgehead atoms. The van der Waals surface area contributed by atoms with Crippen molar-refractivity contribution in [3.8, 4) is 0 Å². The standard InChI is InChI=1S/C11H17N3O/c1-7(2)10-8-5-3-4-6-9(8)14(13-10)11(12)15/h7H,3-6H2,1-2H3,(H2,12,15). The molecule has 1 aromatic heterocycles. The lowest BCUT2D eigenvalue weighted by Crippen LogP contribution is -2.24. The van der Waals surface area contributed by atoms with Gasteiger partial charge in [0.05, 0.1) is 11.4 Å². The topological polar surface area (TPSA) is 60.9 Å². The molecule has 2 rings (SSSR count). The molecule has 2 N–H and O–H groups in total. The highest BCUT2D eigenvalue weighted by molar-refractivity contribution is 5.75. The van der Waals surface area contributed by atoms with Crippen LogP contribution in [0.25, 0.3) is 0 Å². The van der Waals surface area contributed by atoms with E-state index in [0.717, 1.165) is 30.7 Å². The smallest absolute Gasteiger partial charge is 0.339 e. The van der Waals surface area contributed by atoms with Crippen LogP contribution in [0.3, 0.4) is 0 Å². The molecule has 0 fully saturated rings. The normalized spacial score (nSPS) is 15.4. The van der Waals surface area contributed by atoms with Crippen molar-refractivity contribution in [1.82, 2.24) is 9.78 Å². The molecule has 15 heavy (non-hydrogen) atoms. The Hall–Kier alpha value is -1.32. The number of hydrogen-bond acceptors (Lipinski definition) is 2. The lowest BCUT2D eigenvalue weighted by molar-refractivity contribution is 0.246. The second-order valence-corrected chi connectivity index (χ2v) is 4.42. The zero-order chi connectivity index (χ0) is 11.0. The van der Waals surface area contributed by atoms with Gasteiger partial charge in [0.1, 0.15) is 0 Å². The van der Waals surface area contributed by atoms with Gasteiger partial charge in [0.15, 0.2) is 0 Å². The summed E-state index contributed by atoms with van der Waals surface area (Å²) in [4.78, 5) is 11.2. The SMILES string of the molecule is CC(C)c1nn(C(N)=O)c2c1CCCC2. The van der Waals surface area contributed by atoms with Gasteiger partial charge in [-0.2, -0.15) is 9.78 Å². The van der Waals surface area contributed by atoms with Gasteiger partial charge in [-0.25, -0.2) is 4.79 Å². The molecule has 0 aromatic carbocycles. The zero-order valence-corrected chi connectivity index (χ0v) is 9.29. The quantitative estimate of drug-likeness (QED) is 0.763. The van der Waals surface area contributed by atoms with Gasteiger partial charge < -0.3 is 5.73 Å². The number of carbonyl (C=O) groups is 1. The van der Waals surface area contributed by atoms with Gasteiger partial charge in [0, 0.05) is 0 Å². The van der Waals surface area contributed by atoms with Crippen LogP contribution in [0.2, 0.25) is 0 Å². The minimum absolute atomic E-state index is 0.359. The summed E-state index contributed by atoms with van der Waals surface area (Å²) in [7, 11) is 0. The average molecular weight is 207 g/mol. The Balaban J connectivity index is 2.54. The lowest BCUT2D eigenvalue weighted by Gasteiger charge is -2.13. The number of nitrogens with zero attached hydrogens (tertiary/aromatic N) is 2. The van der Waals surface area contributed by atoms with Crippen molar-refractivity contribution in [2.75, 3.05) is 0 Å². The van der Waals surface area contributed by atoms with Crippen LogP contribution < -0.4 is 5.73 Å². The second kappa shape index (κ2) is 3.68. The van der Waals surface area contributed by atoms with Gasteiger partial charge in [0.2, 0.25) is 0 Å². The minimum atomic E-state index is -0.458. The van der Waals surface area contributed by atoms with Crippen molar-refractivity contribution < 1.29 is 4.79 Å². The van der Waals surface area contributed by atoms with Crippen LogP contribution in [0.1, 0.15) is 49.6 Å². The van der Waals surface area contributed by atoms with Crippen LogP contribution in [0, 0.1) is 0 Å². The van der Waals surface area contributed by atoms with Gasteiger partial charge in [-0.15, -0.1) is 0 Å². The monoisotopic (exact) mass is 207 g/mol. The van der Waals surface area contributed by atoms with Crippen molar-refractivity contribution >= 4 is 6.03 Å². The number of hydrogen-bond donors (Lipinski definition) is 1. The summed E-state index contributed by atoms with van der Waals surface area (Å²) in [5, 5.41) is 4.33. The van der Waals surface area contributed by atoms with E-state index in [4.69, 9.17) is 5.73 Å². The summed E-state index contributed by atoms with van der Waals surface area (Å²) in [5.74, 6) is 0.359. The maximum Gasteiger partial charge on any atom is 0.339 e. The van der Waals surface area contributed by atoms with Crippen molar-refractivity contribution in [2.45, 2.75) is 45.4 Å². The molecule has 1 amide bonds. The molecule has 0 atom stereocenters. The maximum atomic E-state index is 11.2. The Kier molecular flexibility index (Phi) is 2.50. The summed E-state index contributed by atoms with van der Waals surface area (Å²) in [5.41, 5.74) is 8.66. The van der Waals surface area contributed by atoms with E-state index in [1.807, 2.05) is 0 Å². The number of fused-ring (bicyclic) bond motifs is 1. The van der Waals surface area contributed by atoms with E-state index >= 15 is 0 Å². The van der Waals surface area contributed by atoms with Gasteiger partial charge in [-0.1, -0.05) is 13.8 Å². The van der Waals surface area contributed by atoms with Gasteiger partial charge in [0.25, 0.3) is 0 Å². The maximum absolute atomic E-state index is 11.2. The molecule has 1 aliphatic rings. The highest BCUT2D eigenvalue weighted by atomic mass is 16.2. The van der Waals surface area contributed by atoms with Crippen molar-refractivity contribution in [2.24, 2.45) is 5.73 Å². The fraction of sp³-hybridized carbons (Fsp3) is 0.636. The Bertz CT molecular complexity index is 393. The summed E-state index contributed by atoms with van der Waals surface area (Å²) in [6.07, 6.45) is 4.29. The molecule has 0 radical (unpaired) electrons. The van der Waals surface area contributed by atoms with Crippen molar-refractivity contribution in [3.63, 3.8) is 0 Å². The van der Waals surface area contributed by atoms with E-state index in [0.29, 0.717) is 5.92 Å². The number of aromatic nitrogens is 2. The number of primary amides is 1. The van der Waals surface area contributed by atoms with E-state index in [1.165, 1.54) is 16.7 Å². The fourth-order valence-electron chi connectivity index (χ4n) is 2.27. The predicted molar refractivity (Wildman–Crippen MR) is 57.9 cm³/mol. The summed E-state index contributed by atoms with van der Waals surface area (Å²) in [6, 6.07) is -0.458. The van der Waals surface area contributed by atoms with Crippen LogP contribution in [0.4, 0.5) is 4.79 Å². The lowest BCUT2D eigenvalue weighted by atomic mass is 9.92. The third kappa shape index (κ3) is 1.64. The Morgan fingerprint density at radius 1 is 1.40 bits per heavy atom. The molecular weight excluding hydrogens is 190 g/mol. The molecule has 4 heteroatoms. The van der Waals surface area contributed by atoms with Crippen LogP contribution in [-0.2, 0) is 12.8 Å². The molecule has 0 aliphatic heterocycles. The molecular formula is C11H17N3O. The van der Waals surface area contributed by atoms with Crippen molar-refractivity contribution in [1.29, 1.82) is 0 Å². The summed E-state index contributed by atoms with van der Waals surface area (Å²) >= 11 is 0. The summed E-state index contributed by atoms with van der Waals surface area (Å²) in [6.45, 7) is 4.20. The Morgan fingerprint density at radius 3 is 2.67 bits per heavy atom. The van der Waals surface area contributed by atoms with Crippen LogP contribution in [-0.4, -0.2) is 15.8 Å². The van der Waals surface area contributed by atoms with E-state index < -0.39 is 6.03 Å². The molecule has 0 saturated carbocycles. The molecule has 1 aliphatic carbocycles.